The van der Waals surface area contributed by atoms with Crippen LogP contribution in [-0.2, 0) is 0 Å². The summed E-state index contributed by atoms with van der Waals surface area (Å²) in [6, 6.07) is 18.9. The molecule has 2 N–H and O–H groups in total. The third-order valence-electron chi connectivity index (χ3n) is 7.15. The van der Waals surface area contributed by atoms with Gasteiger partial charge in [0, 0.05) is 22.5 Å². The Morgan fingerprint density at radius 3 is 1.56 bits per heavy atom. The SMILES string of the molecule is C=CCOc1cc(C)c(Nc2ccc(Nc3c(C)cc(C)cc3C)c3c2C(=O)c2ccccc2C3=O)c(C)c1. The minimum atomic E-state index is -0.176. The molecule has 0 aliphatic heterocycles. The molecule has 0 atom stereocenters. The summed E-state index contributed by atoms with van der Waals surface area (Å²) in [6.45, 7) is 14.3. The number of nitrogens with one attached hydrogen (secondary N) is 2. The molecular formula is C34H32N2O3. The molecule has 0 heterocycles. The van der Waals surface area contributed by atoms with E-state index in [1.807, 2.05) is 52.0 Å². The normalized spacial score (nSPS) is 12.0. The van der Waals surface area contributed by atoms with Crippen LogP contribution in [0.15, 0.2) is 73.3 Å². The number of carbonyl (C=O) groups excluding carboxylic acids is 2. The molecule has 0 fully saturated rings. The Kier molecular flexibility index (Phi) is 6.83. The molecule has 5 heteroatoms. The lowest BCUT2D eigenvalue weighted by atomic mass is 9.82. The van der Waals surface area contributed by atoms with Gasteiger partial charge in [-0.2, -0.15) is 0 Å². The van der Waals surface area contributed by atoms with E-state index in [1.165, 1.54) is 5.56 Å². The largest absolute Gasteiger partial charge is 0.490 e. The van der Waals surface area contributed by atoms with Crippen LogP contribution < -0.4 is 15.4 Å². The summed E-state index contributed by atoms with van der Waals surface area (Å²) in [5, 5.41) is 6.97. The number of anilines is 4. The van der Waals surface area contributed by atoms with Crippen molar-refractivity contribution in [3.05, 3.63) is 123 Å². The van der Waals surface area contributed by atoms with Crippen LogP contribution >= 0.6 is 0 Å². The van der Waals surface area contributed by atoms with E-state index < -0.39 is 0 Å². The van der Waals surface area contributed by atoms with Gasteiger partial charge in [-0.05, 0) is 81.1 Å². The molecule has 1 aliphatic carbocycles. The Morgan fingerprint density at radius 2 is 1.13 bits per heavy atom. The summed E-state index contributed by atoms with van der Waals surface area (Å²) < 4.78 is 5.73. The molecule has 5 nitrogen and oxygen atoms in total. The third-order valence-corrected chi connectivity index (χ3v) is 7.15. The fourth-order valence-electron chi connectivity index (χ4n) is 5.44. The van der Waals surface area contributed by atoms with Crippen LogP contribution in [0.2, 0.25) is 0 Å². The van der Waals surface area contributed by atoms with Crippen molar-refractivity contribution in [3.63, 3.8) is 0 Å². The fourth-order valence-corrected chi connectivity index (χ4v) is 5.44. The summed E-state index contributed by atoms with van der Waals surface area (Å²) >= 11 is 0. The number of ketones is 2. The van der Waals surface area contributed by atoms with E-state index in [1.54, 1.807) is 30.3 Å². The van der Waals surface area contributed by atoms with Crippen LogP contribution in [0.25, 0.3) is 0 Å². The maximum absolute atomic E-state index is 13.9. The van der Waals surface area contributed by atoms with Gasteiger partial charge in [-0.3, -0.25) is 9.59 Å². The number of carbonyl (C=O) groups is 2. The Hall–Kier alpha value is -4.64. The van der Waals surface area contributed by atoms with Crippen molar-refractivity contribution >= 4 is 34.3 Å². The molecule has 39 heavy (non-hydrogen) atoms. The summed E-state index contributed by atoms with van der Waals surface area (Å²) in [4.78, 5) is 27.9. The molecule has 196 valence electrons. The average Bonchev–Trinajstić information content (AvgIpc) is 2.90. The van der Waals surface area contributed by atoms with Crippen LogP contribution in [0.4, 0.5) is 22.7 Å². The number of aryl methyl sites for hydroxylation is 5. The molecular weight excluding hydrogens is 484 g/mol. The van der Waals surface area contributed by atoms with E-state index in [4.69, 9.17) is 4.74 Å². The van der Waals surface area contributed by atoms with E-state index >= 15 is 0 Å². The number of benzene rings is 4. The first kappa shape index (κ1) is 26.0. The highest BCUT2D eigenvalue weighted by Crippen LogP contribution is 2.40. The van der Waals surface area contributed by atoms with Crippen molar-refractivity contribution < 1.29 is 14.3 Å². The molecule has 4 aromatic carbocycles. The molecule has 0 spiro atoms. The smallest absolute Gasteiger partial charge is 0.196 e. The third kappa shape index (κ3) is 4.72. The average molecular weight is 517 g/mol. The maximum Gasteiger partial charge on any atom is 0.196 e. The molecule has 0 saturated carbocycles. The summed E-state index contributed by atoms with van der Waals surface area (Å²) in [5.74, 6) is 0.404. The first-order chi connectivity index (χ1) is 18.7. The Labute approximate surface area is 229 Å². The van der Waals surface area contributed by atoms with Crippen molar-refractivity contribution in [1.82, 2.24) is 0 Å². The monoisotopic (exact) mass is 516 g/mol. The lowest BCUT2D eigenvalue weighted by molar-refractivity contribution is 0.0980. The quantitative estimate of drug-likeness (QED) is 0.214. The summed E-state index contributed by atoms with van der Waals surface area (Å²) in [5.41, 5.74) is 9.83. The van der Waals surface area contributed by atoms with Crippen LogP contribution in [0.3, 0.4) is 0 Å². The van der Waals surface area contributed by atoms with E-state index in [0.29, 0.717) is 40.2 Å². The molecule has 0 amide bonds. The number of ether oxygens (including phenoxy) is 1. The predicted octanol–water partition coefficient (Wildman–Crippen LogP) is 8.06. The van der Waals surface area contributed by atoms with Gasteiger partial charge in [0.25, 0.3) is 0 Å². The van der Waals surface area contributed by atoms with Gasteiger partial charge < -0.3 is 15.4 Å². The van der Waals surface area contributed by atoms with Gasteiger partial charge in [-0.25, -0.2) is 0 Å². The Balaban J connectivity index is 1.65. The van der Waals surface area contributed by atoms with Crippen LogP contribution in [-0.4, -0.2) is 18.2 Å². The van der Waals surface area contributed by atoms with E-state index in [-0.39, 0.29) is 11.6 Å². The lowest BCUT2D eigenvalue weighted by Crippen LogP contribution is -2.23. The highest BCUT2D eigenvalue weighted by Gasteiger charge is 2.34. The van der Waals surface area contributed by atoms with Crippen LogP contribution in [0.5, 0.6) is 5.75 Å². The summed E-state index contributed by atoms with van der Waals surface area (Å²) in [7, 11) is 0. The number of fused-ring (bicyclic) bond motifs is 2. The first-order valence-corrected chi connectivity index (χ1v) is 13.0. The lowest BCUT2D eigenvalue weighted by Gasteiger charge is -2.25. The van der Waals surface area contributed by atoms with Gasteiger partial charge >= 0.3 is 0 Å². The van der Waals surface area contributed by atoms with Gasteiger partial charge in [-0.1, -0.05) is 54.6 Å². The van der Waals surface area contributed by atoms with Gasteiger partial charge in [0.2, 0.25) is 0 Å². The zero-order valence-corrected chi connectivity index (χ0v) is 23.0. The summed E-state index contributed by atoms with van der Waals surface area (Å²) in [6.07, 6.45) is 1.71. The Bertz CT molecular complexity index is 1620. The first-order valence-electron chi connectivity index (χ1n) is 13.0. The molecule has 0 bridgehead atoms. The van der Waals surface area contributed by atoms with Crippen molar-refractivity contribution in [2.45, 2.75) is 34.6 Å². The zero-order chi connectivity index (χ0) is 27.8. The van der Waals surface area contributed by atoms with Crippen molar-refractivity contribution in [3.8, 4) is 5.75 Å². The molecule has 0 aromatic heterocycles. The van der Waals surface area contributed by atoms with Crippen LogP contribution in [0, 0.1) is 34.6 Å². The van der Waals surface area contributed by atoms with Crippen molar-refractivity contribution in [2.24, 2.45) is 0 Å². The van der Waals surface area contributed by atoms with Crippen LogP contribution in [0.1, 0.15) is 59.7 Å². The Morgan fingerprint density at radius 1 is 0.692 bits per heavy atom. The second-order valence-corrected chi connectivity index (χ2v) is 10.2. The van der Waals surface area contributed by atoms with E-state index in [0.717, 1.165) is 39.4 Å². The highest BCUT2D eigenvalue weighted by molar-refractivity contribution is 6.32. The zero-order valence-electron chi connectivity index (χ0n) is 23.0. The topological polar surface area (TPSA) is 67.4 Å². The maximum atomic E-state index is 13.9. The minimum Gasteiger partial charge on any atom is -0.490 e. The molecule has 4 aromatic rings. The molecule has 0 unspecified atom stereocenters. The van der Waals surface area contributed by atoms with Crippen molar-refractivity contribution in [1.29, 1.82) is 0 Å². The highest BCUT2D eigenvalue weighted by atomic mass is 16.5. The van der Waals surface area contributed by atoms with E-state index in [9.17, 15) is 9.59 Å². The minimum absolute atomic E-state index is 0.171. The predicted molar refractivity (Wildman–Crippen MR) is 159 cm³/mol. The van der Waals surface area contributed by atoms with Gasteiger partial charge in [0.15, 0.2) is 11.6 Å². The number of hydrogen-bond acceptors (Lipinski definition) is 5. The van der Waals surface area contributed by atoms with Crippen molar-refractivity contribution in [2.75, 3.05) is 17.2 Å². The van der Waals surface area contributed by atoms with Gasteiger partial charge in [0.1, 0.15) is 12.4 Å². The molecule has 1 aliphatic rings. The molecule has 0 radical (unpaired) electrons. The van der Waals surface area contributed by atoms with Gasteiger partial charge in [0.05, 0.1) is 22.5 Å². The molecule has 5 rings (SSSR count). The fraction of sp³-hybridized carbons (Fsp3) is 0.176. The van der Waals surface area contributed by atoms with Gasteiger partial charge in [-0.15, -0.1) is 0 Å². The second kappa shape index (κ2) is 10.3. The second-order valence-electron chi connectivity index (χ2n) is 10.2. The number of hydrogen-bond donors (Lipinski definition) is 2. The van der Waals surface area contributed by atoms with E-state index in [2.05, 4.69) is 36.3 Å². The standard InChI is InChI=1S/C34H32N2O3/c1-7-14-39-24-17-22(5)32(23(6)18-24)36-28-13-12-27(35-31-20(3)15-19(2)16-21(31)4)29-30(28)34(38)26-11-9-8-10-25(26)33(29)37/h7-13,15-18,35-36H,1,14H2,2-6H3. The molecule has 0 saturated heterocycles. The number of rotatable bonds is 7.